The fourth-order valence-corrected chi connectivity index (χ4v) is 4.18. The molecule has 0 radical (unpaired) electrons. The molecular formula is C22H31ClN2O2. The maximum atomic E-state index is 12.4. The number of piperidine rings is 1. The molecule has 1 aliphatic heterocycles. The molecule has 1 heterocycles. The number of nitrogens with zero attached hydrogens (tertiary/aromatic N) is 2. The molecular weight excluding hydrogens is 360 g/mol. The van der Waals surface area contributed by atoms with Gasteiger partial charge in [-0.05, 0) is 81.8 Å². The number of hydrogen-bond acceptors (Lipinski definition) is 3. The number of carbonyl (C=O) groups is 1. The van der Waals surface area contributed by atoms with E-state index >= 15 is 0 Å². The van der Waals surface area contributed by atoms with Crippen LogP contribution in [-0.2, 0) is 0 Å². The van der Waals surface area contributed by atoms with Crippen LogP contribution in [0.5, 0.6) is 5.75 Å². The zero-order valence-corrected chi connectivity index (χ0v) is 17.0. The maximum absolute atomic E-state index is 12.4. The number of amides is 1. The van der Waals surface area contributed by atoms with Crippen LogP contribution in [0.15, 0.2) is 36.4 Å². The van der Waals surface area contributed by atoms with Crippen LogP contribution < -0.4 is 4.74 Å². The predicted octanol–water partition coefficient (Wildman–Crippen LogP) is 5.37. The lowest BCUT2D eigenvalue weighted by Crippen LogP contribution is -2.40. The molecule has 0 unspecified atom stereocenters. The average Bonchev–Trinajstić information content (AvgIpc) is 2.70. The molecule has 0 N–H and O–H groups in total. The van der Waals surface area contributed by atoms with Gasteiger partial charge >= 0.3 is 6.09 Å². The zero-order valence-electron chi connectivity index (χ0n) is 16.3. The molecule has 5 heteroatoms. The van der Waals surface area contributed by atoms with Crippen molar-refractivity contribution in [2.24, 2.45) is 5.92 Å². The number of halogens is 1. The Kier molecular flexibility index (Phi) is 7.59. The van der Waals surface area contributed by atoms with Crippen LogP contribution in [0.2, 0.25) is 5.02 Å². The number of carbonyl (C=O) groups excluding carboxylic acids is 1. The molecule has 1 aromatic carbocycles. The van der Waals surface area contributed by atoms with Crippen LogP contribution in [0.25, 0.3) is 0 Å². The second kappa shape index (κ2) is 10.1. The molecule has 1 saturated heterocycles. The summed E-state index contributed by atoms with van der Waals surface area (Å²) in [4.78, 5) is 16.7. The molecule has 1 saturated carbocycles. The van der Waals surface area contributed by atoms with Crippen LogP contribution in [-0.4, -0.2) is 48.6 Å². The van der Waals surface area contributed by atoms with E-state index in [2.05, 4.69) is 17.1 Å². The quantitative estimate of drug-likeness (QED) is 0.633. The van der Waals surface area contributed by atoms with Gasteiger partial charge in [-0.1, -0.05) is 30.2 Å². The number of hydrogen-bond donors (Lipinski definition) is 0. The van der Waals surface area contributed by atoms with Crippen molar-refractivity contribution >= 4 is 17.7 Å². The van der Waals surface area contributed by atoms with Gasteiger partial charge in [-0.2, -0.15) is 0 Å². The average molecular weight is 391 g/mol. The van der Waals surface area contributed by atoms with Crippen molar-refractivity contribution in [3.63, 3.8) is 0 Å². The number of ether oxygens (including phenoxy) is 1. The van der Waals surface area contributed by atoms with Gasteiger partial charge in [-0.3, -0.25) is 4.90 Å². The largest absolute Gasteiger partial charge is 0.415 e. The highest BCUT2D eigenvalue weighted by Gasteiger charge is 2.26. The number of rotatable bonds is 5. The van der Waals surface area contributed by atoms with Gasteiger partial charge < -0.3 is 9.64 Å². The molecule has 0 atom stereocenters. The van der Waals surface area contributed by atoms with Crippen molar-refractivity contribution in [1.82, 2.24) is 9.80 Å². The molecule has 0 aromatic heterocycles. The third kappa shape index (κ3) is 6.25. The summed E-state index contributed by atoms with van der Waals surface area (Å²) in [6.45, 7) is 3.59. The van der Waals surface area contributed by atoms with Crippen LogP contribution in [0.3, 0.4) is 0 Å². The molecule has 1 aliphatic carbocycles. The summed E-state index contributed by atoms with van der Waals surface area (Å²) >= 11 is 5.87. The molecule has 1 aromatic rings. The van der Waals surface area contributed by atoms with Gasteiger partial charge in [0.2, 0.25) is 0 Å². The third-order valence-electron chi connectivity index (χ3n) is 5.82. The molecule has 0 bridgehead atoms. The monoisotopic (exact) mass is 390 g/mol. The van der Waals surface area contributed by atoms with E-state index in [1.807, 2.05) is 7.05 Å². The van der Waals surface area contributed by atoms with E-state index in [-0.39, 0.29) is 12.1 Å². The summed E-state index contributed by atoms with van der Waals surface area (Å²) < 4.78 is 5.45. The molecule has 0 spiro atoms. The Morgan fingerprint density at radius 3 is 2.48 bits per heavy atom. The molecule has 4 nitrogen and oxygen atoms in total. The Hall–Kier alpha value is -1.52. The van der Waals surface area contributed by atoms with E-state index in [1.165, 1.54) is 32.4 Å². The van der Waals surface area contributed by atoms with Gasteiger partial charge in [-0.15, -0.1) is 0 Å². The first-order valence-electron chi connectivity index (χ1n) is 10.2. The van der Waals surface area contributed by atoms with Gasteiger partial charge in [0.1, 0.15) is 5.75 Å². The van der Waals surface area contributed by atoms with Gasteiger partial charge in [0.05, 0.1) is 0 Å². The van der Waals surface area contributed by atoms with Crippen molar-refractivity contribution < 1.29 is 9.53 Å². The number of benzene rings is 1. The standard InChI is InChI=1S/C22H31ClN2O2/c1-24(22(26)27-21-13-9-19(23)10-14-21)20-11-7-18(8-12-20)6-5-17-25-15-3-2-4-16-25/h5-6,9-10,13-14,18,20H,2-4,7-8,11-12,15-17H2,1H3/b6-5+. The molecule has 1 amide bonds. The zero-order chi connectivity index (χ0) is 19.1. The minimum absolute atomic E-state index is 0.261. The van der Waals surface area contributed by atoms with Crippen molar-refractivity contribution in [2.75, 3.05) is 26.7 Å². The topological polar surface area (TPSA) is 32.8 Å². The molecule has 3 rings (SSSR count). The van der Waals surface area contributed by atoms with Crippen molar-refractivity contribution in [3.05, 3.63) is 41.4 Å². The second-order valence-corrected chi connectivity index (χ2v) is 8.23. The van der Waals surface area contributed by atoms with Gasteiger partial charge in [0, 0.05) is 24.7 Å². The van der Waals surface area contributed by atoms with Crippen LogP contribution >= 0.6 is 11.6 Å². The highest BCUT2D eigenvalue weighted by molar-refractivity contribution is 6.30. The smallest absolute Gasteiger partial charge is 0.410 e. The lowest BCUT2D eigenvalue weighted by Gasteiger charge is -2.33. The Morgan fingerprint density at radius 2 is 1.81 bits per heavy atom. The fraction of sp³-hybridized carbons (Fsp3) is 0.591. The Labute approximate surface area is 168 Å². The summed E-state index contributed by atoms with van der Waals surface area (Å²) in [6, 6.07) is 7.16. The molecule has 27 heavy (non-hydrogen) atoms. The van der Waals surface area contributed by atoms with Crippen molar-refractivity contribution in [3.8, 4) is 5.75 Å². The molecule has 2 aliphatic rings. The van der Waals surface area contributed by atoms with E-state index in [0.29, 0.717) is 16.7 Å². The van der Waals surface area contributed by atoms with E-state index in [9.17, 15) is 4.79 Å². The normalized spacial score (nSPS) is 24.1. The van der Waals surface area contributed by atoms with E-state index in [1.54, 1.807) is 29.2 Å². The second-order valence-electron chi connectivity index (χ2n) is 7.79. The van der Waals surface area contributed by atoms with Crippen LogP contribution in [0.4, 0.5) is 4.79 Å². The Bertz CT molecular complexity index is 618. The predicted molar refractivity (Wildman–Crippen MR) is 110 cm³/mol. The molecule has 148 valence electrons. The highest BCUT2D eigenvalue weighted by atomic mass is 35.5. The number of likely N-dealkylation sites (tertiary alicyclic amines) is 1. The van der Waals surface area contributed by atoms with E-state index < -0.39 is 0 Å². The van der Waals surface area contributed by atoms with Crippen LogP contribution in [0.1, 0.15) is 44.9 Å². The third-order valence-corrected chi connectivity index (χ3v) is 6.07. The lowest BCUT2D eigenvalue weighted by atomic mass is 9.85. The van der Waals surface area contributed by atoms with Gasteiger partial charge in [0.15, 0.2) is 0 Å². The maximum Gasteiger partial charge on any atom is 0.415 e. The summed E-state index contributed by atoms with van der Waals surface area (Å²) in [5.41, 5.74) is 0. The van der Waals surface area contributed by atoms with E-state index in [0.717, 1.165) is 32.2 Å². The molecule has 2 fully saturated rings. The van der Waals surface area contributed by atoms with Gasteiger partial charge in [0.25, 0.3) is 0 Å². The van der Waals surface area contributed by atoms with E-state index in [4.69, 9.17) is 16.3 Å². The minimum Gasteiger partial charge on any atom is -0.410 e. The first kappa shape index (κ1) is 20.2. The fourth-order valence-electron chi connectivity index (χ4n) is 4.05. The lowest BCUT2D eigenvalue weighted by molar-refractivity contribution is 0.128. The first-order chi connectivity index (χ1) is 13.1. The van der Waals surface area contributed by atoms with Crippen molar-refractivity contribution in [1.29, 1.82) is 0 Å². The first-order valence-corrected chi connectivity index (χ1v) is 10.6. The number of allylic oxidation sites excluding steroid dienone is 1. The SMILES string of the molecule is CN(C(=O)Oc1ccc(Cl)cc1)C1CCC(/C=C/CN2CCCCC2)CC1. The highest BCUT2D eigenvalue weighted by Crippen LogP contribution is 2.28. The minimum atomic E-state index is -0.290. The summed E-state index contributed by atoms with van der Waals surface area (Å²) in [7, 11) is 1.84. The summed E-state index contributed by atoms with van der Waals surface area (Å²) in [5, 5.41) is 0.634. The van der Waals surface area contributed by atoms with Crippen LogP contribution in [0, 0.1) is 5.92 Å². The Balaban J connectivity index is 1.39. The summed E-state index contributed by atoms with van der Waals surface area (Å²) in [5.74, 6) is 1.18. The van der Waals surface area contributed by atoms with Crippen molar-refractivity contribution in [2.45, 2.75) is 51.0 Å². The van der Waals surface area contributed by atoms with Gasteiger partial charge in [-0.25, -0.2) is 4.79 Å². The Morgan fingerprint density at radius 1 is 1.15 bits per heavy atom. The summed E-state index contributed by atoms with van der Waals surface area (Å²) in [6.07, 6.45) is 12.9.